The van der Waals surface area contributed by atoms with E-state index in [0.717, 1.165) is 21.5 Å². The Morgan fingerprint density at radius 2 is 1.58 bits per heavy atom. The normalized spacial score (nSPS) is 24.6. The second-order valence-electron chi connectivity index (χ2n) is 15.2. The van der Waals surface area contributed by atoms with Crippen molar-refractivity contribution in [3.8, 4) is 0 Å². The largest absolute Gasteiger partial charge is 0.363 e. The molecule has 3 rings (SSSR count). The molecule has 5 N–H and O–H groups in total. The second kappa shape index (κ2) is 13.1. The van der Waals surface area contributed by atoms with Gasteiger partial charge >= 0.3 is 6.03 Å². The van der Waals surface area contributed by atoms with Crippen molar-refractivity contribution in [2.45, 2.75) is 91.9 Å². The van der Waals surface area contributed by atoms with Gasteiger partial charge in [0, 0.05) is 40.3 Å². The van der Waals surface area contributed by atoms with E-state index in [9.17, 15) is 32.4 Å². The molecule has 45 heavy (non-hydrogen) atoms. The first-order valence-corrected chi connectivity index (χ1v) is 17.1. The van der Waals surface area contributed by atoms with Gasteiger partial charge in [0.05, 0.1) is 6.04 Å². The van der Waals surface area contributed by atoms with E-state index in [1.165, 1.54) is 26.0 Å². The van der Waals surface area contributed by atoms with Gasteiger partial charge in [0.1, 0.15) is 12.1 Å². The number of nitrogens with zero attached hydrogens (tertiary/aromatic N) is 3. The van der Waals surface area contributed by atoms with Crippen LogP contribution in [0.2, 0.25) is 0 Å². The fraction of sp³-hybridized carbons (Fsp3) is 0.833. The maximum atomic E-state index is 14.2. The Morgan fingerprint density at radius 1 is 1.00 bits per heavy atom. The molecule has 15 heteroatoms. The lowest BCUT2D eigenvalue weighted by Gasteiger charge is -2.38. The van der Waals surface area contributed by atoms with Gasteiger partial charge in [-0.15, -0.1) is 0 Å². The number of ketones is 1. The number of hydrogen-bond acceptors (Lipinski definition) is 7. The van der Waals surface area contributed by atoms with E-state index in [1.54, 1.807) is 20.8 Å². The molecule has 1 heterocycles. The van der Waals surface area contributed by atoms with Gasteiger partial charge in [-0.2, -0.15) is 17.0 Å². The number of nitrogens with one attached hydrogen (secondary N) is 3. The van der Waals surface area contributed by atoms with E-state index >= 15 is 0 Å². The number of likely N-dealkylation sites (tertiary alicyclic amines) is 1. The highest BCUT2D eigenvalue weighted by Crippen LogP contribution is 2.65. The third-order valence-corrected chi connectivity index (χ3v) is 11.6. The smallest absolute Gasteiger partial charge is 0.315 e. The summed E-state index contributed by atoms with van der Waals surface area (Å²) in [6.07, 6.45) is 2.13. The summed E-state index contributed by atoms with van der Waals surface area (Å²) in [4.78, 5) is 67.2. The van der Waals surface area contributed by atoms with Gasteiger partial charge in [0.2, 0.25) is 17.6 Å². The zero-order chi connectivity index (χ0) is 34.4. The van der Waals surface area contributed by atoms with Crippen LogP contribution >= 0.6 is 0 Å². The Bertz CT molecular complexity index is 1290. The van der Waals surface area contributed by atoms with Crippen LogP contribution in [0.4, 0.5) is 4.79 Å². The van der Waals surface area contributed by atoms with Crippen LogP contribution in [-0.2, 0) is 29.4 Å². The van der Waals surface area contributed by atoms with Gasteiger partial charge in [-0.1, -0.05) is 61.3 Å². The quantitative estimate of drug-likeness (QED) is 0.193. The van der Waals surface area contributed by atoms with Crippen LogP contribution in [0.25, 0.3) is 0 Å². The molecule has 5 amide bonds. The van der Waals surface area contributed by atoms with Crippen LogP contribution in [0.3, 0.4) is 0 Å². The summed E-state index contributed by atoms with van der Waals surface area (Å²) in [5.74, 6) is -2.91. The molecule has 2 saturated carbocycles. The molecule has 0 spiro atoms. The number of likely N-dealkylation sites (N-methyl/N-ethyl adjacent to an activating group) is 1. The zero-order valence-corrected chi connectivity index (χ0v) is 29.2. The number of urea groups is 1. The highest BCUT2D eigenvalue weighted by atomic mass is 32.2. The van der Waals surface area contributed by atoms with Crippen molar-refractivity contribution in [1.82, 2.24) is 29.5 Å². The first kappa shape index (κ1) is 36.7. The summed E-state index contributed by atoms with van der Waals surface area (Å²) in [6.45, 7) is 13.5. The molecule has 0 aromatic heterocycles. The summed E-state index contributed by atoms with van der Waals surface area (Å²) in [6, 6.07) is -4.17. The SMILES string of the molecule is CC(C)[C@@H](CN(C)S(=O)(=O)N(C)C)NC(=O)N[C@H](C(=O)N1C[C@H]2[C@@H]([C@H]1C(=O)NC(CC1CC1)C(=O)C(N)=O)C2(C)C)C(C)(C)C. The first-order chi connectivity index (χ1) is 20.5. The molecule has 0 radical (unpaired) electrons. The predicted octanol–water partition coefficient (Wildman–Crippen LogP) is 0.285. The molecular weight excluding hydrogens is 602 g/mol. The van der Waals surface area contributed by atoms with Crippen molar-refractivity contribution in [2.75, 3.05) is 34.2 Å². The van der Waals surface area contributed by atoms with Crippen molar-refractivity contribution < 1.29 is 32.4 Å². The van der Waals surface area contributed by atoms with Crippen molar-refractivity contribution in [3.05, 3.63) is 0 Å². The lowest BCUT2D eigenvalue weighted by molar-refractivity contribution is -0.145. The molecule has 0 aromatic carbocycles. The van der Waals surface area contributed by atoms with Gasteiger partial charge in [-0.05, 0) is 40.9 Å². The number of primary amides is 1. The highest BCUT2D eigenvalue weighted by Gasteiger charge is 2.70. The van der Waals surface area contributed by atoms with E-state index in [2.05, 4.69) is 16.0 Å². The number of amides is 5. The monoisotopic (exact) mass is 655 g/mol. The number of rotatable bonds is 14. The van der Waals surface area contributed by atoms with Crippen molar-refractivity contribution >= 4 is 39.7 Å². The summed E-state index contributed by atoms with van der Waals surface area (Å²) < 4.78 is 27.4. The molecule has 1 aliphatic heterocycles. The Hall–Kier alpha value is -2.78. The molecule has 3 fully saturated rings. The van der Waals surface area contributed by atoms with Crippen LogP contribution in [0.5, 0.6) is 0 Å². The Kier molecular flexibility index (Phi) is 10.7. The molecule has 14 nitrogen and oxygen atoms in total. The Balaban J connectivity index is 1.80. The average molecular weight is 656 g/mol. The van der Waals surface area contributed by atoms with Crippen molar-refractivity contribution in [3.63, 3.8) is 0 Å². The highest BCUT2D eigenvalue weighted by molar-refractivity contribution is 7.86. The molecule has 6 atom stereocenters. The first-order valence-electron chi connectivity index (χ1n) is 15.7. The maximum absolute atomic E-state index is 14.2. The van der Waals surface area contributed by atoms with E-state index in [1.807, 2.05) is 27.7 Å². The Morgan fingerprint density at radius 3 is 2.04 bits per heavy atom. The van der Waals surface area contributed by atoms with Crippen molar-refractivity contribution in [2.24, 2.45) is 40.2 Å². The molecule has 0 aromatic rings. The number of Topliss-reactive ketones (excluding diaryl/α,β-unsaturated/α-hetero) is 1. The molecule has 2 aliphatic carbocycles. The van der Waals surface area contributed by atoms with Crippen LogP contribution < -0.4 is 21.7 Å². The predicted molar refractivity (Wildman–Crippen MR) is 169 cm³/mol. The topological polar surface area (TPSA) is 191 Å². The number of carbonyl (C=O) groups is 5. The fourth-order valence-corrected chi connectivity index (χ4v) is 7.30. The summed E-state index contributed by atoms with van der Waals surface area (Å²) >= 11 is 0. The molecular formula is C30H53N7O7S. The van der Waals surface area contributed by atoms with Gasteiger partial charge in [0.25, 0.3) is 16.1 Å². The lowest BCUT2D eigenvalue weighted by atomic mass is 9.85. The number of hydrogen-bond donors (Lipinski definition) is 4. The Labute approximate surface area is 267 Å². The molecule has 1 saturated heterocycles. The van der Waals surface area contributed by atoms with E-state index in [-0.39, 0.29) is 35.6 Å². The maximum Gasteiger partial charge on any atom is 0.315 e. The molecule has 256 valence electrons. The third kappa shape index (κ3) is 8.15. The van der Waals surface area contributed by atoms with E-state index in [4.69, 9.17) is 5.73 Å². The van der Waals surface area contributed by atoms with E-state index in [0.29, 0.717) is 13.0 Å². The van der Waals surface area contributed by atoms with Crippen LogP contribution in [0, 0.1) is 34.5 Å². The van der Waals surface area contributed by atoms with E-state index < -0.39 is 69.3 Å². The number of piperidine rings is 1. The van der Waals surface area contributed by atoms with Gasteiger partial charge < -0.3 is 26.6 Å². The van der Waals surface area contributed by atoms with Gasteiger partial charge in [0.15, 0.2) is 0 Å². The minimum atomic E-state index is -3.71. The van der Waals surface area contributed by atoms with Crippen molar-refractivity contribution in [1.29, 1.82) is 0 Å². The lowest BCUT2D eigenvalue weighted by Crippen LogP contribution is -2.62. The zero-order valence-electron chi connectivity index (χ0n) is 28.3. The summed E-state index contributed by atoms with van der Waals surface area (Å²) in [5.41, 5.74) is 4.32. The fourth-order valence-electron chi connectivity index (χ4n) is 6.39. The third-order valence-electron chi connectivity index (χ3n) is 9.72. The number of fused-ring (bicyclic) bond motifs is 1. The standard InChI is InChI=1S/C30H53N7O7S/c1-16(2)20(15-36(10)45(43,44)35(8)9)33-28(42)34-24(29(3,4)5)27(41)37-14-18-21(30(18,6)7)22(37)26(40)32-19(13-17-11-12-17)23(38)25(31)39/h16-22,24H,11-15H2,1-10H3,(H2,31,39)(H,32,40)(H2,33,34,42)/t18-,19?,20+,21-,22-,24+/m0/s1. The average Bonchev–Trinajstić information content (AvgIpc) is 3.76. The summed E-state index contributed by atoms with van der Waals surface area (Å²) in [5, 5.41) is 8.39. The van der Waals surface area contributed by atoms with Crippen LogP contribution in [-0.4, -0.2) is 110 Å². The number of carbonyl (C=O) groups excluding carboxylic acids is 5. The van der Waals surface area contributed by atoms with Crippen LogP contribution in [0.1, 0.15) is 67.7 Å². The molecule has 0 bridgehead atoms. The minimum absolute atomic E-state index is 0.0125. The summed E-state index contributed by atoms with van der Waals surface area (Å²) in [7, 11) is 0.577. The minimum Gasteiger partial charge on any atom is -0.363 e. The molecule has 1 unspecified atom stereocenters. The number of nitrogens with two attached hydrogens (primary N) is 1. The molecule has 3 aliphatic rings. The van der Waals surface area contributed by atoms with Gasteiger partial charge in [-0.3, -0.25) is 19.2 Å². The van der Waals surface area contributed by atoms with Crippen LogP contribution in [0.15, 0.2) is 0 Å². The van der Waals surface area contributed by atoms with Gasteiger partial charge in [-0.25, -0.2) is 4.79 Å². The second-order valence-corrected chi connectivity index (χ2v) is 17.4.